The standard InChI is InChI=1S/C39H56N4O8/c1-25(2)33(42-37(48)49-24-30-28-18-11-9-16-26(28)27-17-10-12-19-29(27)30)35(46)43(23-15-21-32(44)50-38(3,4)5)31(34(40)45)20-13-14-22-41-36(47)51-39(6,7)8/h9-12,16-19,25,30-31,33H,13-15,20-24H2,1-8H3,(H2,40,45)(H,41,47)(H,42,48)/t31-,33-/m0/s1. The second-order valence-electron chi connectivity index (χ2n) is 15.3. The van der Waals surface area contributed by atoms with E-state index in [1.165, 1.54) is 4.90 Å². The van der Waals surface area contributed by atoms with Gasteiger partial charge in [-0.15, -0.1) is 0 Å². The van der Waals surface area contributed by atoms with Crippen molar-refractivity contribution >= 4 is 30.0 Å². The van der Waals surface area contributed by atoms with Crippen LogP contribution >= 0.6 is 0 Å². The van der Waals surface area contributed by atoms with E-state index in [0.717, 1.165) is 22.3 Å². The Morgan fingerprint density at radius 1 is 0.804 bits per heavy atom. The minimum atomic E-state index is -1.04. The van der Waals surface area contributed by atoms with Crippen LogP contribution in [0.25, 0.3) is 11.1 Å². The number of hydrogen-bond donors (Lipinski definition) is 3. The van der Waals surface area contributed by atoms with Gasteiger partial charge in [-0.2, -0.15) is 0 Å². The molecule has 0 heterocycles. The van der Waals surface area contributed by atoms with E-state index in [2.05, 4.69) is 10.6 Å². The van der Waals surface area contributed by atoms with E-state index in [4.69, 9.17) is 19.9 Å². The average Bonchev–Trinajstić information content (AvgIpc) is 3.34. The van der Waals surface area contributed by atoms with E-state index in [0.29, 0.717) is 19.4 Å². The molecular formula is C39H56N4O8. The van der Waals surface area contributed by atoms with E-state index < -0.39 is 53.3 Å². The molecule has 0 spiro atoms. The summed E-state index contributed by atoms with van der Waals surface area (Å²) >= 11 is 0. The van der Waals surface area contributed by atoms with Crippen molar-refractivity contribution in [2.24, 2.45) is 11.7 Å². The highest BCUT2D eigenvalue weighted by molar-refractivity contribution is 5.91. The van der Waals surface area contributed by atoms with Gasteiger partial charge in [0.2, 0.25) is 11.8 Å². The lowest BCUT2D eigenvalue weighted by Crippen LogP contribution is -2.57. The third-order valence-electron chi connectivity index (χ3n) is 8.31. The van der Waals surface area contributed by atoms with Crippen LogP contribution < -0.4 is 16.4 Å². The lowest BCUT2D eigenvalue weighted by Gasteiger charge is -2.34. The minimum Gasteiger partial charge on any atom is -0.460 e. The molecule has 0 aromatic heterocycles. The number of fused-ring (bicyclic) bond motifs is 3. The van der Waals surface area contributed by atoms with Gasteiger partial charge in [-0.1, -0.05) is 62.4 Å². The molecule has 12 heteroatoms. The molecule has 0 radical (unpaired) electrons. The van der Waals surface area contributed by atoms with Gasteiger partial charge in [-0.05, 0) is 95.4 Å². The van der Waals surface area contributed by atoms with Crippen molar-refractivity contribution in [3.63, 3.8) is 0 Å². The van der Waals surface area contributed by atoms with Crippen molar-refractivity contribution in [1.29, 1.82) is 0 Å². The third-order valence-corrected chi connectivity index (χ3v) is 8.31. The maximum atomic E-state index is 14.2. The number of amides is 4. The number of unbranched alkanes of at least 4 members (excludes halogenated alkanes) is 1. The van der Waals surface area contributed by atoms with Gasteiger partial charge >= 0.3 is 18.2 Å². The highest BCUT2D eigenvalue weighted by Crippen LogP contribution is 2.44. The monoisotopic (exact) mass is 708 g/mol. The lowest BCUT2D eigenvalue weighted by atomic mass is 9.98. The van der Waals surface area contributed by atoms with Crippen LogP contribution in [0.3, 0.4) is 0 Å². The number of ether oxygens (including phenoxy) is 3. The first-order valence-electron chi connectivity index (χ1n) is 17.8. The fourth-order valence-electron chi connectivity index (χ4n) is 6.08. The summed E-state index contributed by atoms with van der Waals surface area (Å²) in [6, 6.07) is 13.9. The third kappa shape index (κ3) is 12.6. The molecule has 1 aliphatic carbocycles. The largest absolute Gasteiger partial charge is 0.460 e. The average molecular weight is 709 g/mol. The van der Waals surface area contributed by atoms with Crippen molar-refractivity contribution in [2.45, 2.75) is 117 Å². The van der Waals surface area contributed by atoms with Gasteiger partial charge < -0.3 is 35.5 Å². The number of hydrogen-bond acceptors (Lipinski definition) is 8. The van der Waals surface area contributed by atoms with Crippen LogP contribution in [0.15, 0.2) is 48.5 Å². The molecule has 0 fully saturated rings. The molecule has 1 aliphatic rings. The molecular weight excluding hydrogens is 652 g/mol. The molecule has 12 nitrogen and oxygen atoms in total. The number of carbonyl (C=O) groups excluding carboxylic acids is 5. The second-order valence-corrected chi connectivity index (χ2v) is 15.3. The van der Waals surface area contributed by atoms with Gasteiger partial charge in [0.15, 0.2) is 0 Å². The number of esters is 1. The lowest BCUT2D eigenvalue weighted by molar-refractivity contribution is -0.155. The van der Waals surface area contributed by atoms with Crippen LogP contribution in [0, 0.1) is 5.92 Å². The molecule has 3 rings (SSSR count). The Balaban J connectivity index is 1.72. The predicted octanol–water partition coefficient (Wildman–Crippen LogP) is 6.05. The van der Waals surface area contributed by atoms with Crippen LogP contribution in [0.5, 0.6) is 0 Å². The molecule has 0 saturated heterocycles. The first kappa shape index (κ1) is 40.8. The summed E-state index contributed by atoms with van der Waals surface area (Å²) < 4.78 is 16.4. The molecule has 4 amide bonds. The van der Waals surface area contributed by atoms with Crippen LogP contribution in [0.1, 0.15) is 105 Å². The predicted molar refractivity (Wildman–Crippen MR) is 195 cm³/mol. The number of carbonyl (C=O) groups is 5. The van der Waals surface area contributed by atoms with Crippen molar-refractivity contribution in [1.82, 2.24) is 15.5 Å². The number of alkyl carbamates (subject to hydrolysis) is 2. The van der Waals surface area contributed by atoms with E-state index in [1.54, 1.807) is 55.4 Å². The van der Waals surface area contributed by atoms with Crippen LogP contribution in [-0.4, -0.2) is 77.9 Å². The summed E-state index contributed by atoms with van der Waals surface area (Å²) in [5.74, 6) is -2.21. The number of primary amides is 1. The smallest absolute Gasteiger partial charge is 0.407 e. The number of rotatable bonds is 16. The summed E-state index contributed by atoms with van der Waals surface area (Å²) in [4.78, 5) is 66.2. The Labute approximate surface area is 302 Å². The van der Waals surface area contributed by atoms with Crippen LogP contribution in [0.2, 0.25) is 0 Å². The molecule has 0 saturated carbocycles. The Morgan fingerprint density at radius 3 is 1.90 bits per heavy atom. The normalized spacial score (nSPS) is 13.7. The number of nitrogens with two attached hydrogens (primary N) is 1. The first-order valence-corrected chi connectivity index (χ1v) is 17.8. The van der Waals surface area contributed by atoms with Gasteiger partial charge in [0.05, 0.1) is 0 Å². The summed E-state index contributed by atoms with van der Waals surface area (Å²) in [6.45, 7) is 14.6. The molecule has 2 aromatic carbocycles. The highest BCUT2D eigenvalue weighted by atomic mass is 16.6. The molecule has 4 N–H and O–H groups in total. The maximum Gasteiger partial charge on any atom is 0.407 e. The maximum absolute atomic E-state index is 14.2. The topological polar surface area (TPSA) is 166 Å². The van der Waals surface area contributed by atoms with Crippen molar-refractivity contribution in [3.8, 4) is 11.1 Å². The van der Waals surface area contributed by atoms with Gasteiger partial charge in [0, 0.05) is 25.4 Å². The van der Waals surface area contributed by atoms with Gasteiger partial charge in [-0.25, -0.2) is 9.59 Å². The molecule has 0 unspecified atom stereocenters. The molecule has 0 bridgehead atoms. The Bertz CT molecular complexity index is 1480. The fourth-order valence-corrected chi connectivity index (χ4v) is 6.08. The Morgan fingerprint density at radius 2 is 1.37 bits per heavy atom. The Kier molecular flexibility index (Phi) is 14.4. The quantitative estimate of drug-likeness (QED) is 0.108. The zero-order valence-electron chi connectivity index (χ0n) is 31.4. The Hall–Kier alpha value is -4.61. The number of nitrogens with one attached hydrogen (secondary N) is 2. The molecule has 280 valence electrons. The fraction of sp³-hybridized carbons (Fsp3) is 0.564. The zero-order valence-corrected chi connectivity index (χ0v) is 31.4. The zero-order chi connectivity index (χ0) is 37.9. The van der Waals surface area contributed by atoms with Crippen molar-refractivity contribution in [3.05, 3.63) is 59.7 Å². The molecule has 0 aliphatic heterocycles. The van der Waals surface area contributed by atoms with Crippen molar-refractivity contribution < 1.29 is 38.2 Å². The van der Waals surface area contributed by atoms with Crippen LogP contribution in [-0.2, 0) is 28.6 Å². The highest BCUT2D eigenvalue weighted by Gasteiger charge is 2.36. The van der Waals surface area contributed by atoms with Crippen LogP contribution in [0.4, 0.5) is 9.59 Å². The second kappa shape index (κ2) is 18.1. The van der Waals surface area contributed by atoms with Crippen molar-refractivity contribution in [2.75, 3.05) is 19.7 Å². The molecule has 2 aromatic rings. The number of benzene rings is 2. The van der Waals surface area contributed by atoms with E-state index in [1.807, 2.05) is 48.5 Å². The van der Waals surface area contributed by atoms with E-state index in [-0.39, 0.29) is 44.2 Å². The summed E-state index contributed by atoms with van der Waals surface area (Å²) in [5, 5.41) is 5.43. The minimum absolute atomic E-state index is 0.0124. The number of nitrogens with zero attached hydrogens (tertiary/aromatic N) is 1. The van der Waals surface area contributed by atoms with Gasteiger partial charge in [-0.3, -0.25) is 14.4 Å². The summed E-state index contributed by atoms with van der Waals surface area (Å²) in [7, 11) is 0. The summed E-state index contributed by atoms with van der Waals surface area (Å²) in [6.07, 6.45) is 0.0615. The molecule has 2 atom stereocenters. The van der Waals surface area contributed by atoms with Gasteiger partial charge in [0.25, 0.3) is 0 Å². The van der Waals surface area contributed by atoms with Gasteiger partial charge in [0.1, 0.15) is 29.9 Å². The summed E-state index contributed by atoms with van der Waals surface area (Å²) in [5.41, 5.74) is 8.87. The van der Waals surface area contributed by atoms with E-state index in [9.17, 15) is 24.0 Å². The van der Waals surface area contributed by atoms with E-state index >= 15 is 0 Å². The molecule has 51 heavy (non-hydrogen) atoms. The SMILES string of the molecule is CC(C)[C@H](NC(=O)OCC1c2ccccc2-c2ccccc21)C(=O)N(CCCC(=O)OC(C)(C)C)[C@@H](CCCCNC(=O)OC(C)(C)C)C(N)=O. The first-order chi connectivity index (χ1) is 23.9.